The van der Waals surface area contributed by atoms with Crippen molar-refractivity contribution in [1.29, 1.82) is 0 Å². The summed E-state index contributed by atoms with van der Waals surface area (Å²) in [7, 11) is 1.44. The normalized spacial score (nSPS) is 23.9. The minimum absolute atomic E-state index is 0.190. The highest BCUT2D eigenvalue weighted by Gasteiger charge is 2.31. The first-order valence-electron chi connectivity index (χ1n) is 7.20. The molecule has 2 rings (SSSR count). The van der Waals surface area contributed by atoms with Gasteiger partial charge in [-0.15, -0.1) is 0 Å². The van der Waals surface area contributed by atoms with Crippen LogP contribution in [0.3, 0.4) is 0 Å². The van der Waals surface area contributed by atoms with Crippen molar-refractivity contribution in [2.45, 2.75) is 38.6 Å². The van der Waals surface area contributed by atoms with E-state index in [1.54, 1.807) is 0 Å². The highest BCUT2D eigenvalue weighted by Crippen LogP contribution is 2.32. The molecule has 0 aromatic heterocycles. The molecule has 1 saturated carbocycles. The van der Waals surface area contributed by atoms with Crippen molar-refractivity contribution in [3.63, 3.8) is 0 Å². The van der Waals surface area contributed by atoms with Gasteiger partial charge in [-0.25, -0.2) is 4.79 Å². The van der Waals surface area contributed by atoms with Gasteiger partial charge in [-0.3, -0.25) is 0 Å². The number of anilines is 1. The first-order chi connectivity index (χ1) is 9.60. The van der Waals surface area contributed by atoms with Gasteiger partial charge in [-0.2, -0.15) is 0 Å². The maximum Gasteiger partial charge on any atom is 0.328 e. The molecule has 0 spiro atoms. The molecular formula is C16H22ClNO2. The van der Waals surface area contributed by atoms with E-state index in [9.17, 15) is 4.79 Å². The van der Waals surface area contributed by atoms with Crippen molar-refractivity contribution in [2.24, 2.45) is 11.8 Å². The second kappa shape index (κ2) is 6.98. The smallest absolute Gasteiger partial charge is 0.328 e. The summed E-state index contributed by atoms with van der Waals surface area (Å²) in [6.45, 7) is 2.27. The SMILES string of the molecule is COC(=O)C(Nc1cccc(Cl)c1)C1CCC(C)CC1. The van der Waals surface area contributed by atoms with E-state index < -0.39 is 0 Å². The number of esters is 1. The molecule has 1 fully saturated rings. The Morgan fingerprint density at radius 3 is 2.65 bits per heavy atom. The van der Waals surface area contributed by atoms with Crippen LogP contribution < -0.4 is 5.32 Å². The van der Waals surface area contributed by atoms with Crippen LogP contribution in [0.1, 0.15) is 32.6 Å². The molecule has 110 valence electrons. The Morgan fingerprint density at radius 1 is 1.35 bits per heavy atom. The lowest BCUT2D eigenvalue weighted by atomic mass is 9.79. The number of benzene rings is 1. The predicted octanol–water partition coefficient (Wildman–Crippen LogP) is 4.12. The van der Waals surface area contributed by atoms with Crippen molar-refractivity contribution in [1.82, 2.24) is 0 Å². The standard InChI is InChI=1S/C16H22ClNO2/c1-11-6-8-12(9-7-11)15(16(19)20-2)18-14-5-3-4-13(17)10-14/h3-5,10-12,15,18H,6-9H2,1-2H3. The van der Waals surface area contributed by atoms with E-state index in [1.807, 2.05) is 24.3 Å². The van der Waals surface area contributed by atoms with Gasteiger partial charge < -0.3 is 10.1 Å². The molecule has 1 unspecified atom stereocenters. The summed E-state index contributed by atoms with van der Waals surface area (Å²) >= 11 is 5.99. The van der Waals surface area contributed by atoms with Crippen molar-refractivity contribution in [2.75, 3.05) is 12.4 Å². The van der Waals surface area contributed by atoms with E-state index in [0.717, 1.165) is 24.4 Å². The molecular weight excluding hydrogens is 274 g/mol. The number of halogens is 1. The van der Waals surface area contributed by atoms with E-state index in [1.165, 1.54) is 20.0 Å². The van der Waals surface area contributed by atoms with Crippen molar-refractivity contribution in [3.8, 4) is 0 Å². The predicted molar refractivity (Wildman–Crippen MR) is 82.0 cm³/mol. The van der Waals surface area contributed by atoms with E-state index in [2.05, 4.69) is 12.2 Å². The summed E-state index contributed by atoms with van der Waals surface area (Å²) in [6.07, 6.45) is 4.48. The molecule has 1 aromatic rings. The first-order valence-corrected chi connectivity index (χ1v) is 7.58. The molecule has 1 aliphatic rings. The lowest BCUT2D eigenvalue weighted by Gasteiger charge is -2.32. The van der Waals surface area contributed by atoms with Crippen LogP contribution in [0.4, 0.5) is 5.69 Å². The minimum Gasteiger partial charge on any atom is -0.467 e. The van der Waals surface area contributed by atoms with Crippen LogP contribution in [0.2, 0.25) is 5.02 Å². The summed E-state index contributed by atoms with van der Waals surface area (Å²) in [5, 5.41) is 3.96. The topological polar surface area (TPSA) is 38.3 Å². The number of nitrogens with one attached hydrogen (secondary N) is 1. The molecule has 0 saturated heterocycles. The number of carbonyl (C=O) groups is 1. The fourth-order valence-corrected chi connectivity index (χ4v) is 3.06. The van der Waals surface area contributed by atoms with Gasteiger partial charge in [0.1, 0.15) is 6.04 Å². The van der Waals surface area contributed by atoms with Crippen LogP contribution in [0, 0.1) is 11.8 Å². The molecule has 1 N–H and O–H groups in total. The fraction of sp³-hybridized carbons (Fsp3) is 0.562. The zero-order valence-electron chi connectivity index (χ0n) is 12.1. The Hall–Kier alpha value is -1.22. The van der Waals surface area contributed by atoms with Crippen molar-refractivity contribution >= 4 is 23.3 Å². The monoisotopic (exact) mass is 295 g/mol. The molecule has 0 radical (unpaired) electrons. The minimum atomic E-state index is -0.286. The third kappa shape index (κ3) is 3.89. The molecule has 1 atom stereocenters. The molecule has 0 amide bonds. The molecule has 4 heteroatoms. The van der Waals surface area contributed by atoms with Gasteiger partial charge in [0.2, 0.25) is 0 Å². The molecule has 0 aliphatic heterocycles. The largest absolute Gasteiger partial charge is 0.467 e. The number of ether oxygens (including phenoxy) is 1. The third-order valence-electron chi connectivity index (χ3n) is 4.13. The van der Waals surface area contributed by atoms with Gasteiger partial charge >= 0.3 is 5.97 Å². The van der Waals surface area contributed by atoms with Gasteiger partial charge in [0.05, 0.1) is 7.11 Å². The van der Waals surface area contributed by atoms with Gasteiger partial charge in [-0.05, 0) is 42.9 Å². The number of carbonyl (C=O) groups excluding carboxylic acids is 1. The summed E-state index contributed by atoms with van der Waals surface area (Å²) in [6, 6.07) is 7.17. The lowest BCUT2D eigenvalue weighted by Crippen LogP contribution is -2.39. The Bertz CT molecular complexity index is 456. The van der Waals surface area contributed by atoms with E-state index in [0.29, 0.717) is 10.9 Å². The van der Waals surface area contributed by atoms with E-state index in [4.69, 9.17) is 16.3 Å². The number of methoxy groups -OCH3 is 1. The van der Waals surface area contributed by atoms with E-state index >= 15 is 0 Å². The van der Waals surface area contributed by atoms with Crippen LogP contribution in [0.5, 0.6) is 0 Å². The molecule has 3 nitrogen and oxygen atoms in total. The second-order valence-electron chi connectivity index (χ2n) is 5.68. The summed E-state index contributed by atoms with van der Waals surface area (Å²) in [5.74, 6) is 0.901. The van der Waals surface area contributed by atoms with Crippen LogP contribution in [0.15, 0.2) is 24.3 Å². The van der Waals surface area contributed by atoms with Crippen LogP contribution in [0.25, 0.3) is 0 Å². The maximum absolute atomic E-state index is 12.1. The summed E-state index contributed by atoms with van der Waals surface area (Å²) in [5.41, 5.74) is 0.867. The third-order valence-corrected chi connectivity index (χ3v) is 4.37. The summed E-state index contributed by atoms with van der Waals surface area (Å²) in [4.78, 5) is 12.1. The van der Waals surface area contributed by atoms with Gasteiger partial charge in [0, 0.05) is 10.7 Å². The Balaban J connectivity index is 2.09. The van der Waals surface area contributed by atoms with E-state index in [-0.39, 0.29) is 12.0 Å². The molecule has 0 heterocycles. The molecule has 1 aromatic carbocycles. The maximum atomic E-state index is 12.1. The zero-order valence-corrected chi connectivity index (χ0v) is 12.8. The molecule has 20 heavy (non-hydrogen) atoms. The van der Waals surface area contributed by atoms with Gasteiger partial charge in [0.15, 0.2) is 0 Å². The number of rotatable bonds is 4. The van der Waals surface area contributed by atoms with Crippen molar-refractivity contribution in [3.05, 3.63) is 29.3 Å². The lowest BCUT2D eigenvalue weighted by molar-refractivity contribution is -0.143. The second-order valence-corrected chi connectivity index (χ2v) is 6.11. The molecule has 1 aliphatic carbocycles. The van der Waals surface area contributed by atoms with Crippen LogP contribution in [-0.4, -0.2) is 19.1 Å². The number of hydrogen-bond acceptors (Lipinski definition) is 3. The van der Waals surface area contributed by atoms with Crippen molar-refractivity contribution < 1.29 is 9.53 Å². The fourth-order valence-electron chi connectivity index (χ4n) is 2.87. The Morgan fingerprint density at radius 2 is 2.05 bits per heavy atom. The Labute approximate surface area is 125 Å². The molecule has 0 bridgehead atoms. The van der Waals surface area contributed by atoms with Crippen LogP contribution in [-0.2, 0) is 9.53 Å². The highest BCUT2D eigenvalue weighted by molar-refractivity contribution is 6.30. The Kier molecular flexibility index (Phi) is 5.30. The highest BCUT2D eigenvalue weighted by atomic mass is 35.5. The number of hydrogen-bond donors (Lipinski definition) is 1. The summed E-state index contributed by atoms with van der Waals surface area (Å²) < 4.78 is 4.96. The van der Waals surface area contributed by atoms with Gasteiger partial charge in [0.25, 0.3) is 0 Å². The zero-order chi connectivity index (χ0) is 14.5. The average Bonchev–Trinajstić information content (AvgIpc) is 2.45. The quantitative estimate of drug-likeness (QED) is 0.849. The average molecular weight is 296 g/mol. The van der Waals surface area contributed by atoms with Gasteiger partial charge in [-0.1, -0.05) is 37.4 Å². The first kappa shape index (κ1) is 15.2. The van der Waals surface area contributed by atoms with Crippen LogP contribution >= 0.6 is 11.6 Å².